The number of nitrogens with zero attached hydrogens (tertiary/aromatic N) is 6. The molecular formula is C16H18N6O4. The fourth-order valence-electron chi connectivity index (χ4n) is 2.89. The molecule has 0 saturated carbocycles. The first kappa shape index (κ1) is 17.8. The molecule has 10 heteroatoms. The highest BCUT2D eigenvalue weighted by Gasteiger charge is 2.25. The third-order valence-corrected chi connectivity index (χ3v) is 4.16. The minimum absolute atomic E-state index is 0.0430. The van der Waals surface area contributed by atoms with E-state index < -0.39 is 4.92 Å². The molecule has 3 rings (SSSR count). The zero-order valence-electron chi connectivity index (χ0n) is 14.3. The Bertz CT molecular complexity index is 822. The summed E-state index contributed by atoms with van der Waals surface area (Å²) in [6, 6.07) is 6.49. The van der Waals surface area contributed by atoms with Crippen LogP contribution in [-0.4, -0.2) is 53.3 Å². The molecule has 1 aromatic heterocycles. The fourth-order valence-corrected chi connectivity index (χ4v) is 2.89. The van der Waals surface area contributed by atoms with Gasteiger partial charge in [-0.15, -0.1) is 0 Å². The van der Waals surface area contributed by atoms with Crippen molar-refractivity contribution in [1.29, 1.82) is 5.26 Å². The molecule has 136 valence electrons. The molecule has 1 aliphatic rings. The summed E-state index contributed by atoms with van der Waals surface area (Å²) in [7, 11) is 1.57. The van der Waals surface area contributed by atoms with Crippen LogP contribution in [0.15, 0.2) is 22.7 Å². The molecule has 0 unspecified atom stereocenters. The summed E-state index contributed by atoms with van der Waals surface area (Å²) in [5.41, 5.74) is 0.773. The zero-order chi connectivity index (χ0) is 18.5. The first-order valence-corrected chi connectivity index (χ1v) is 8.07. The normalized spacial score (nSPS) is 15.0. The first-order valence-electron chi connectivity index (χ1n) is 8.07. The Kier molecular flexibility index (Phi) is 5.40. The van der Waals surface area contributed by atoms with Gasteiger partial charge in [0.25, 0.3) is 5.69 Å². The van der Waals surface area contributed by atoms with Gasteiger partial charge in [0.1, 0.15) is 12.3 Å². The van der Waals surface area contributed by atoms with Crippen molar-refractivity contribution in [3.05, 3.63) is 45.6 Å². The van der Waals surface area contributed by atoms with E-state index in [1.807, 2.05) is 11.0 Å². The van der Waals surface area contributed by atoms with Gasteiger partial charge in [0.05, 0.1) is 23.1 Å². The third kappa shape index (κ3) is 3.96. The second-order valence-electron chi connectivity index (χ2n) is 5.87. The van der Waals surface area contributed by atoms with E-state index in [0.29, 0.717) is 56.7 Å². The highest BCUT2D eigenvalue weighted by molar-refractivity contribution is 5.65. The summed E-state index contributed by atoms with van der Waals surface area (Å²) < 4.78 is 10.2. The minimum atomic E-state index is -0.446. The third-order valence-electron chi connectivity index (χ3n) is 4.16. The largest absolute Gasteiger partial charge is 0.377 e. The van der Waals surface area contributed by atoms with Crippen LogP contribution in [0.5, 0.6) is 0 Å². The topological polar surface area (TPSA) is 122 Å². The Labute approximate surface area is 149 Å². The minimum Gasteiger partial charge on any atom is -0.377 e. The Balaban J connectivity index is 1.63. The number of nitro groups is 1. The molecule has 26 heavy (non-hydrogen) atoms. The van der Waals surface area contributed by atoms with Crippen molar-refractivity contribution in [2.24, 2.45) is 0 Å². The van der Waals surface area contributed by atoms with Crippen LogP contribution in [0.2, 0.25) is 0 Å². The van der Waals surface area contributed by atoms with Gasteiger partial charge in [-0.2, -0.15) is 10.2 Å². The van der Waals surface area contributed by atoms with E-state index in [1.54, 1.807) is 19.2 Å². The Hall–Kier alpha value is -3.03. The molecule has 10 nitrogen and oxygen atoms in total. The summed E-state index contributed by atoms with van der Waals surface area (Å²) in [5.74, 6) is 1.03. The molecule has 0 atom stereocenters. The maximum Gasteiger partial charge on any atom is 0.293 e. The van der Waals surface area contributed by atoms with Crippen molar-refractivity contribution in [1.82, 2.24) is 15.0 Å². The average molecular weight is 358 g/mol. The van der Waals surface area contributed by atoms with Crippen molar-refractivity contribution >= 4 is 11.4 Å². The molecule has 1 aromatic carbocycles. The summed E-state index contributed by atoms with van der Waals surface area (Å²) in [4.78, 5) is 19.2. The number of anilines is 1. The average Bonchev–Trinajstić information content (AvgIpc) is 3.09. The van der Waals surface area contributed by atoms with Crippen molar-refractivity contribution in [2.75, 3.05) is 38.2 Å². The lowest BCUT2D eigenvalue weighted by atomic mass is 10.1. The summed E-state index contributed by atoms with van der Waals surface area (Å²) in [5, 5.41) is 24.1. The van der Waals surface area contributed by atoms with Gasteiger partial charge in [0.2, 0.25) is 5.89 Å². The van der Waals surface area contributed by atoms with Crippen LogP contribution in [0.4, 0.5) is 11.4 Å². The molecule has 1 fully saturated rings. The van der Waals surface area contributed by atoms with E-state index in [1.165, 1.54) is 6.07 Å². The molecule has 0 amide bonds. The second-order valence-corrected chi connectivity index (χ2v) is 5.87. The zero-order valence-corrected chi connectivity index (χ0v) is 14.3. The molecule has 0 radical (unpaired) electrons. The second kappa shape index (κ2) is 7.90. The van der Waals surface area contributed by atoms with E-state index in [0.717, 1.165) is 0 Å². The van der Waals surface area contributed by atoms with Crippen LogP contribution in [0.3, 0.4) is 0 Å². The number of rotatable bonds is 6. The monoisotopic (exact) mass is 358 g/mol. The highest BCUT2D eigenvalue weighted by atomic mass is 16.6. The maximum absolute atomic E-state index is 11.3. The lowest BCUT2D eigenvalue weighted by molar-refractivity contribution is -0.384. The summed E-state index contributed by atoms with van der Waals surface area (Å²) in [6.45, 7) is 3.51. The number of aromatic nitrogens is 2. The van der Waals surface area contributed by atoms with E-state index >= 15 is 0 Å². The van der Waals surface area contributed by atoms with Crippen LogP contribution >= 0.6 is 0 Å². The number of benzene rings is 1. The van der Waals surface area contributed by atoms with Crippen LogP contribution in [0.25, 0.3) is 0 Å². The van der Waals surface area contributed by atoms with Gasteiger partial charge in [-0.3, -0.25) is 15.0 Å². The molecule has 1 aliphatic heterocycles. The van der Waals surface area contributed by atoms with Crippen LogP contribution in [0, 0.1) is 21.4 Å². The predicted molar refractivity (Wildman–Crippen MR) is 90.3 cm³/mol. The van der Waals surface area contributed by atoms with Gasteiger partial charge in [0, 0.05) is 39.4 Å². The van der Waals surface area contributed by atoms with Gasteiger partial charge >= 0.3 is 0 Å². The van der Waals surface area contributed by atoms with E-state index in [-0.39, 0.29) is 11.3 Å². The number of nitro benzene ring substituents is 1. The van der Waals surface area contributed by atoms with Gasteiger partial charge in [-0.05, 0) is 12.1 Å². The van der Waals surface area contributed by atoms with Crippen molar-refractivity contribution in [3.8, 4) is 6.07 Å². The molecule has 0 bridgehead atoms. The lowest BCUT2D eigenvalue weighted by Crippen LogP contribution is -2.46. The maximum atomic E-state index is 11.3. The molecular weight excluding hydrogens is 340 g/mol. The van der Waals surface area contributed by atoms with Crippen LogP contribution < -0.4 is 4.90 Å². The molecule has 0 N–H and O–H groups in total. The summed E-state index contributed by atoms with van der Waals surface area (Å²) in [6.07, 6.45) is 0. The number of piperazine rings is 1. The first-order chi connectivity index (χ1) is 12.6. The predicted octanol–water partition coefficient (Wildman–Crippen LogP) is 1.32. The SMILES string of the molecule is COCc1noc(CN2CCN(c3ccc(C#N)cc3[N+](=O)[O-])CC2)n1. The van der Waals surface area contributed by atoms with Gasteiger partial charge in [0.15, 0.2) is 5.82 Å². The number of ether oxygens (including phenoxy) is 1. The molecule has 0 spiro atoms. The van der Waals surface area contributed by atoms with Crippen LogP contribution in [-0.2, 0) is 17.9 Å². The van der Waals surface area contributed by atoms with Gasteiger partial charge in [-0.1, -0.05) is 5.16 Å². The van der Waals surface area contributed by atoms with Crippen LogP contribution in [0.1, 0.15) is 17.3 Å². The van der Waals surface area contributed by atoms with Gasteiger partial charge in [-0.25, -0.2) is 0 Å². The Morgan fingerprint density at radius 3 is 2.81 bits per heavy atom. The Morgan fingerprint density at radius 2 is 2.15 bits per heavy atom. The fraction of sp³-hybridized carbons (Fsp3) is 0.438. The molecule has 0 aliphatic carbocycles. The van der Waals surface area contributed by atoms with Crippen molar-refractivity contribution in [3.63, 3.8) is 0 Å². The van der Waals surface area contributed by atoms with Crippen molar-refractivity contribution in [2.45, 2.75) is 13.2 Å². The molecule has 1 saturated heterocycles. The standard InChI is InChI=1S/C16H18N6O4/c1-25-11-15-18-16(26-19-15)10-20-4-6-21(7-5-20)13-3-2-12(9-17)8-14(13)22(23)24/h2-3,8H,4-7,10-11H2,1H3. The smallest absolute Gasteiger partial charge is 0.293 e. The highest BCUT2D eigenvalue weighted by Crippen LogP contribution is 2.30. The quantitative estimate of drug-likeness (QED) is 0.555. The number of hydrogen-bond donors (Lipinski definition) is 0. The van der Waals surface area contributed by atoms with Gasteiger partial charge < -0.3 is 14.2 Å². The molecule has 2 heterocycles. The Morgan fingerprint density at radius 1 is 1.38 bits per heavy atom. The van der Waals surface area contributed by atoms with Crippen molar-refractivity contribution < 1.29 is 14.2 Å². The number of hydrogen-bond acceptors (Lipinski definition) is 9. The number of methoxy groups -OCH3 is 1. The van der Waals surface area contributed by atoms with E-state index in [4.69, 9.17) is 14.5 Å². The van der Waals surface area contributed by atoms with E-state index in [2.05, 4.69) is 15.0 Å². The van der Waals surface area contributed by atoms with E-state index in [9.17, 15) is 10.1 Å². The molecule has 2 aromatic rings. The summed E-state index contributed by atoms with van der Waals surface area (Å²) >= 11 is 0. The lowest BCUT2D eigenvalue weighted by Gasteiger charge is -2.35. The number of nitriles is 1.